The van der Waals surface area contributed by atoms with Crippen LogP contribution >= 0.6 is 11.8 Å². The predicted molar refractivity (Wildman–Crippen MR) is 88.8 cm³/mol. The Hall–Kier alpha value is -1.78. The molecule has 1 unspecified atom stereocenters. The second-order valence-corrected chi connectivity index (χ2v) is 8.55. The molecule has 5 nitrogen and oxygen atoms in total. The van der Waals surface area contributed by atoms with Gasteiger partial charge in [0.2, 0.25) is 5.89 Å². The number of thioether (sulfide) groups is 1. The van der Waals surface area contributed by atoms with Crippen LogP contribution in [0.3, 0.4) is 0 Å². The van der Waals surface area contributed by atoms with Crippen LogP contribution in [0.1, 0.15) is 17.9 Å². The summed E-state index contributed by atoms with van der Waals surface area (Å²) < 4.78 is 28.4. The van der Waals surface area contributed by atoms with E-state index in [4.69, 9.17) is 4.42 Å². The largest absolute Gasteiger partial charge is 0.416 e. The fourth-order valence-corrected chi connectivity index (χ4v) is 4.80. The van der Waals surface area contributed by atoms with Gasteiger partial charge < -0.3 is 4.42 Å². The summed E-state index contributed by atoms with van der Waals surface area (Å²) in [5, 5.41) is 8.43. The molecule has 1 aromatic carbocycles. The lowest BCUT2D eigenvalue weighted by Gasteiger charge is -2.01. The Balaban J connectivity index is 1.49. The first-order chi connectivity index (χ1) is 11.1. The lowest BCUT2D eigenvalue weighted by Crippen LogP contribution is -2.07. The Morgan fingerprint density at radius 3 is 2.83 bits per heavy atom. The van der Waals surface area contributed by atoms with Gasteiger partial charge in [0.1, 0.15) is 0 Å². The number of aromatic nitrogens is 2. The molecular weight excluding hydrogens is 332 g/mol. The molecular formula is C16H16N2O3S2. The van der Waals surface area contributed by atoms with Gasteiger partial charge in [-0.3, -0.25) is 0 Å². The highest BCUT2D eigenvalue weighted by Crippen LogP contribution is 2.23. The maximum atomic E-state index is 11.4. The minimum Gasteiger partial charge on any atom is -0.416 e. The van der Waals surface area contributed by atoms with Crippen molar-refractivity contribution >= 4 is 21.6 Å². The molecule has 0 aliphatic carbocycles. The monoisotopic (exact) mass is 348 g/mol. The first-order valence-electron chi connectivity index (χ1n) is 7.30. The second kappa shape index (κ2) is 7.20. The van der Waals surface area contributed by atoms with Crippen molar-refractivity contribution in [3.63, 3.8) is 0 Å². The number of hydrogen-bond donors (Lipinski definition) is 0. The van der Waals surface area contributed by atoms with E-state index in [1.165, 1.54) is 11.8 Å². The average Bonchev–Trinajstić information content (AvgIpc) is 3.11. The maximum absolute atomic E-state index is 11.4. The van der Waals surface area contributed by atoms with Crippen LogP contribution in [-0.4, -0.2) is 35.9 Å². The summed E-state index contributed by atoms with van der Waals surface area (Å²) in [4.78, 5) is 0. The van der Waals surface area contributed by atoms with Crippen LogP contribution < -0.4 is 0 Å². The van der Waals surface area contributed by atoms with Gasteiger partial charge >= 0.3 is 0 Å². The number of sulfone groups is 1. The van der Waals surface area contributed by atoms with Gasteiger partial charge in [0, 0.05) is 12.0 Å². The van der Waals surface area contributed by atoms with E-state index in [0.29, 0.717) is 29.7 Å². The molecule has 0 radical (unpaired) electrons. The first-order valence-corrected chi connectivity index (χ1v) is 10.1. The van der Waals surface area contributed by atoms with E-state index in [1.807, 2.05) is 30.3 Å². The zero-order valence-electron chi connectivity index (χ0n) is 12.4. The standard InChI is InChI=1S/C16H16N2O3S2/c19-23(20)10-8-14(12-23)11-15-17-18-16(21-15)22-9-4-7-13-5-2-1-3-6-13/h1-3,5-6,14H,8-12H2. The molecule has 0 bridgehead atoms. The van der Waals surface area contributed by atoms with Gasteiger partial charge in [-0.2, -0.15) is 0 Å². The third-order valence-corrected chi connectivity index (χ3v) is 6.05. The van der Waals surface area contributed by atoms with Crippen molar-refractivity contribution in [2.24, 2.45) is 5.92 Å². The Morgan fingerprint density at radius 1 is 1.26 bits per heavy atom. The molecule has 1 aromatic heterocycles. The molecule has 2 heterocycles. The predicted octanol–water partition coefficient (Wildman–Crippen LogP) is 2.19. The third kappa shape index (κ3) is 4.85. The van der Waals surface area contributed by atoms with Crippen LogP contribution in [0.25, 0.3) is 0 Å². The van der Waals surface area contributed by atoms with Gasteiger partial charge in [-0.05, 0) is 24.5 Å². The van der Waals surface area contributed by atoms with Gasteiger partial charge in [-0.15, -0.1) is 10.2 Å². The van der Waals surface area contributed by atoms with E-state index in [2.05, 4.69) is 22.0 Å². The minimum atomic E-state index is -2.87. The zero-order valence-corrected chi connectivity index (χ0v) is 14.1. The molecule has 1 saturated heterocycles. The van der Waals surface area contributed by atoms with Crippen molar-refractivity contribution in [3.05, 3.63) is 41.8 Å². The van der Waals surface area contributed by atoms with E-state index in [-0.39, 0.29) is 17.4 Å². The van der Waals surface area contributed by atoms with Gasteiger partial charge in [-0.1, -0.05) is 41.8 Å². The van der Waals surface area contributed by atoms with Gasteiger partial charge in [0.15, 0.2) is 9.84 Å². The number of hydrogen-bond acceptors (Lipinski definition) is 6. The van der Waals surface area contributed by atoms with Gasteiger partial charge in [0.25, 0.3) is 5.22 Å². The average molecular weight is 348 g/mol. The Labute approximate surface area is 139 Å². The van der Waals surface area contributed by atoms with Crippen molar-refractivity contribution in [2.45, 2.75) is 18.1 Å². The molecule has 1 fully saturated rings. The molecule has 2 aromatic rings. The summed E-state index contributed by atoms with van der Waals surface area (Å²) in [6.07, 6.45) is 1.21. The Morgan fingerprint density at radius 2 is 2.09 bits per heavy atom. The van der Waals surface area contributed by atoms with Crippen LogP contribution in [0.15, 0.2) is 40.0 Å². The molecule has 3 rings (SSSR count). The van der Waals surface area contributed by atoms with Crippen LogP contribution in [0, 0.1) is 17.8 Å². The van der Waals surface area contributed by atoms with E-state index in [0.717, 1.165) is 5.56 Å². The highest BCUT2D eigenvalue weighted by molar-refractivity contribution is 7.99. The molecule has 120 valence electrons. The van der Waals surface area contributed by atoms with E-state index >= 15 is 0 Å². The summed E-state index contributed by atoms with van der Waals surface area (Å²) in [7, 11) is -2.87. The quantitative estimate of drug-likeness (QED) is 0.623. The minimum absolute atomic E-state index is 0.0937. The second-order valence-electron chi connectivity index (χ2n) is 5.39. The number of benzene rings is 1. The van der Waals surface area contributed by atoms with Crippen molar-refractivity contribution in [3.8, 4) is 11.8 Å². The molecule has 7 heteroatoms. The van der Waals surface area contributed by atoms with Crippen molar-refractivity contribution in [2.75, 3.05) is 17.3 Å². The molecule has 1 aliphatic heterocycles. The van der Waals surface area contributed by atoms with Crippen LogP contribution in [0.5, 0.6) is 0 Å². The lowest BCUT2D eigenvalue weighted by atomic mass is 10.1. The Kier molecular flexibility index (Phi) is 5.03. The summed E-state index contributed by atoms with van der Waals surface area (Å²) in [5.41, 5.74) is 0.974. The van der Waals surface area contributed by atoms with Crippen molar-refractivity contribution in [1.82, 2.24) is 10.2 Å². The zero-order chi connectivity index (χ0) is 16.1. The van der Waals surface area contributed by atoms with Crippen molar-refractivity contribution < 1.29 is 12.8 Å². The maximum Gasteiger partial charge on any atom is 0.277 e. The molecule has 1 atom stereocenters. The topological polar surface area (TPSA) is 73.1 Å². The summed E-state index contributed by atoms with van der Waals surface area (Å²) in [6, 6.07) is 9.76. The highest BCUT2D eigenvalue weighted by atomic mass is 32.2. The SMILES string of the molecule is O=S1(=O)CCC(Cc2nnc(SCC#Cc3ccccc3)o2)C1. The summed E-state index contributed by atoms with van der Waals surface area (Å²) in [6.45, 7) is 0. The van der Waals surface area contributed by atoms with E-state index < -0.39 is 9.84 Å². The number of rotatable bonds is 4. The number of nitrogens with zero attached hydrogens (tertiary/aromatic N) is 2. The fraction of sp³-hybridized carbons (Fsp3) is 0.375. The van der Waals surface area contributed by atoms with Crippen LogP contribution in [0.2, 0.25) is 0 Å². The normalized spacial score (nSPS) is 19.2. The van der Waals surface area contributed by atoms with Crippen LogP contribution in [-0.2, 0) is 16.3 Å². The molecule has 0 saturated carbocycles. The molecule has 1 aliphatic rings. The molecule has 0 amide bonds. The fourth-order valence-electron chi connectivity index (χ4n) is 2.42. The summed E-state index contributed by atoms with van der Waals surface area (Å²) >= 11 is 1.39. The van der Waals surface area contributed by atoms with Crippen LogP contribution in [0.4, 0.5) is 0 Å². The third-order valence-electron chi connectivity index (χ3n) is 3.51. The van der Waals surface area contributed by atoms with Gasteiger partial charge in [-0.25, -0.2) is 8.42 Å². The highest BCUT2D eigenvalue weighted by Gasteiger charge is 2.29. The molecule has 23 heavy (non-hydrogen) atoms. The first kappa shape index (κ1) is 16.1. The van der Waals surface area contributed by atoms with Crippen molar-refractivity contribution in [1.29, 1.82) is 0 Å². The Bertz CT molecular complexity index is 820. The smallest absolute Gasteiger partial charge is 0.277 e. The van der Waals surface area contributed by atoms with E-state index in [1.54, 1.807) is 0 Å². The molecule has 0 N–H and O–H groups in total. The summed E-state index contributed by atoms with van der Waals surface area (Å²) in [5.74, 6) is 7.76. The van der Waals surface area contributed by atoms with E-state index in [9.17, 15) is 8.42 Å². The lowest BCUT2D eigenvalue weighted by molar-refractivity contribution is 0.389. The molecule has 0 spiro atoms. The van der Waals surface area contributed by atoms with Gasteiger partial charge in [0.05, 0.1) is 17.3 Å².